The maximum Gasteiger partial charge on any atom is 0.187 e. The molecule has 2 N–H and O–H groups in total. The molecule has 0 bridgehead atoms. The summed E-state index contributed by atoms with van der Waals surface area (Å²) >= 11 is 5.26. The minimum absolute atomic E-state index is 0.471. The van der Waals surface area contributed by atoms with Crippen molar-refractivity contribution in [2.45, 2.75) is 20.1 Å². The van der Waals surface area contributed by atoms with Gasteiger partial charge in [-0.1, -0.05) is 72.3 Å². The van der Waals surface area contributed by atoms with Crippen LogP contribution in [0.5, 0.6) is 5.75 Å². The molecule has 0 saturated heterocycles. The van der Waals surface area contributed by atoms with E-state index in [1.807, 2.05) is 54.6 Å². The van der Waals surface area contributed by atoms with Crippen LogP contribution in [0.3, 0.4) is 0 Å². The Bertz CT molecular complexity index is 924. The Labute approximate surface area is 171 Å². The lowest BCUT2D eigenvalue weighted by Gasteiger charge is -2.10. The molecule has 0 unspecified atom stereocenters. The van der Waals surface area contributed by atoms with Crippen molar-refractivity contribution >= 4 is 23.5 Å². The Morgan fingerprint density at radius 2 is 1.64 bits per heavy atom. The predicted molar refractivity (Wildman–Crippen MR) is 119 cm³/mol. The number of hydrazone groups is 1. The van der Waals surface area contributed by atoms with Crippen molar-refractivity contribution in [3.05, 3.63) is 101 Å². The number of benzene rings is 3. The van der Waals surface area contributed by atoms with Gasteiger partial charge in [-0.3, -0.25) is 5.43 Å². The number of hydrogen-bond donors (Lipinski definition) is 2. The van der Waals surface area contributed by atoms with Crippen molar-refractivity contribution in [2.24, 2.45) is 5.10 Å². The molecular weight excluding hydrogens is 366 g/mol. The van der Waals surface area contributed by atoms with Gasteiger partial charge in [-0.2, -0.15) is 5.10 Å². The largest absolute Gasteiger partial charge is 0.488 e. The van der Waals surface area contributed by atoms with Crippen LogP contribution in [0.2, 0.25) is 0 Å². The van der Waals surface area contributed by atoms with Crippen molar-refractivity contribution < 1.29 is 4.74 Å². The topological polar surface area (TPSA) is 45.6 Å². The first-order valence-corrected chi connectivity index (χ1v) is 9.50. The number of thiocarbonyl (C=S) groups is 1. The highest BCUT2D eigenvalue weighted by molar-refractivity contribution is 7.80. The summed E-state index contributed by atoms with van der Waals surface area (Å²) in [6.45, 7) is 3.23. The van der Waals surface area contributed by atoms with E-state index >= 15 is 0 Å². The van der Waals surface area contributed by atoms with Gasteiger partial charge in [0.15, 0.2) is 5.11 Å². The van der Waals surface area contributed by atoms with Gasteiger partial charge in [-0.15, -0.1) is 0 Å². The molecule has 0 atom stereocenters. The summed E-state index contributed by atoms with van der Waals surface area (Å²) in [6.07, 6.45) is 1.71. The van der Waals surface area contributed by atoms with Crippen molar-refractivity contribution in [1.82, 2.24) is 10.7 Å². The predicted octanol–water partition coefficient (Wildman–Crippen LogP) is 4.57. The molecule has 142 valence electrons. The SMILES string of the molecule is Cc1ccc(COc2ccccc2/C=N\NC(=S)NCc2ccccc2)cc1. The third-order valence-corrected chi connectivity index (χ3v) is 4.34. The van der Waals surface area contributed by atoms with Gasteiger partial charge in [0.25, 0.3) is 0 Å². The molecule has 5 heteroatoms. The van der Waals surface area contributed by atoms with Crippen LogP contribution in [0.1, 0.15) is 22.3 Å². The Morgan fingerprint density at radius 3 is 2.43 bits per heavy atom. The summed E-state index contributed by atoms with van der Waals surface area (Å²) in [7, 11) is 0. The summed E-state index contributed by atoms with van der Waals surface area (Å²) < 4.78 is 5.96. The quantitative estimate of drug-likeness (QED) is 0.353. The first-order valence-electron chi connectivity index (χ1n) is 9.09. The fourth-order valence-electron chi connectivity index (χ4n) is 2.54. The minimum Gasteiger partial charge on any atom is -0.488 e. The van der Waals surface area contributed by atoms with Crippen LogP contribution in [-0.2, 0) is 13.2 Å². The summed E-state index contributed by atoms with van der Waals surface area (Å²) in [5.74, 6) is 0.775. The van der Waals surface area contributed by atoms with E-state index in [2.05, 4.69) is 47.0 Å². The highest BCUT2D eigenvalue weighted by Gasteiger charge is 2.02. The van der Waals surface area contributed by atoms with Gasteiger partial charge in [0.1, 0.15) is 12.4 Å². The molecule has 3 rings (SSSR count). The smallest absolute Gasteiger partial charge is 0.187 e. The number of hydrogen-bond acceptors (Lipinski definition) is 3. The number of ether oxygens (including phenoxy) is 1. The summed E-state index contributed by atoms with van der Waals surface area (Å²) in [4.78, 5) is 0. The maximum absolute atomic E-state index is 5.96. The molecule has 0 aromatic heterocycles. The fourth-order valence-corrected chi connectivity index (χ4v) is 2.67. The van der Waals surface area contributed by atoms with E-state index in [1.165, 1.54) is 5.56 Å². The van der Waals surface area contributed by atoms with Crippen LogP contribution in [0.4, 0.5) is 0 Å². The Balaban J connectivity index is 1.52. The molecule has 0 fully saturated rings. The van der Waals surface area contributed by atoms with E-state index < -0.39 is 0 Å². The lowest BCUT2D eigenvalue weighted by atomic mass is 10.1. The highest BCUT2D eigenvalue weighted by Crippen LogP contribution is 2.17. The van der Waals surface area contributed by atoms with Crippen LogP contribution in [-0.4, -0.2) is 11.3 Å². The number of nitrogens with one attached hydrogen (secondary N) is 2. The Morgan fingerprint density at radius 1 is 0.929 bits per heavy atom. The standard InChI is InChI=1S/C23H23N3OS/c1-18-11-13-20(14-12-18)17-27-22-10-6-5-9-21(22)16-25-26-23(28)24-15-19-7-3-2-4-8-19/h2-14,16H,15,17H2,1H3,(H2,24,26,28)/b25-16-. The molecule has 4 nitrogen and oxygen atoms in total. The van der Waals surface area contributed by atoms with Crippen LogP contribution in [0.15, 0.2) is 84.0 Å². The van der Waals surface area contributed by atoms with Gasteiger partial charge in [0, 0.05) is 12.1 Å². The van der Waals surface area contributed by atoms with Gasteiger partial charge in [-0.05, 0) is 42.4 Å². The van der Waals surface area contributed by atoms with Crippen molar-refractivity contribution in [3.63, 3.8) is 0 Å². The fraction of sp³-hybridized carbons (Fsp3) is 0.130. The van der Waals surface area contributed by atoms with E-state index in [0.717, 1.165) is 22.4 Å². The summed E-state index contributed by atoms with van der Waals surface area (Å²) in [6, 6.07) is 26.2. The average molecular weight is 390 g/mol. The minimum atomic E-state index is 0.471. The number of para-hydroxylation sites is 1. The van der Waals surface area contributed by atoms with Crippen LogP contribution < -0.4 is 15.5 Å². The third-order valence-electron chi connectivity index (χ3n) is 4.10. The molecule has 0 radical (unpaired) electrons. The molecule has 0 amide bonds. The van der Waals surface area contributed by atoms with Crippen LogP contribution in [0.25, 0.3) is 0 Å². The first kappa shape index (κ1) is 19.6. The van der Waals surface area contributed by atoms with E-state index in [0.29, 0.717) is 18.3 Å². The number of nitrogens with zero attached hydrogens (tertiary/aromatic N) is 1. The maximum atomic E-state index is 5.96. The Hall–Kier alpha value is -3.18. The lowest BCUT2D eigenvalue weighted by Crippen LogP contribution is -2.31. The van der Waals surface area contributed by atoms with E-state index in [9.17, 15) is 0 Å². The molecular formula is C23H23N3OS. The van der Waals surface area contributed by atoms with Gasteiger partial charge in [0.2, 0.25) is 0 Å². The second-order valence-electron chi connectivity index (χ2n) is 6.35. The molecule has 0 aliphatic heterocycles. The Kier molecular flexibility index (Phi) is 7.15. The summed E-state index contributed by atoms with van der Waals surface area (Å²) in [5.41, 5.74) is 7.25. The third kappa shape index (κ3) is 6.21. The van der Waals surface area contributed by atoms with Crippen molar-refractivity contribution in [1.29, 1.82) is 0 Å². The molecule has 0 aliphatic rings. The van der Waals surface area contributed by atoms with E-state index in [-0.39, 0.29) is 0 Å². The zero-order valence-electron chi connectivity index (χ0n) is 15.8. The van der Waals surface area contributed by atoms with Gasteiger partial charge in [-0.25, -0.2) is 0 Å². The summed E-state index contributed by atoms with van der Waals surface area (Å²) in [5, 5.41) is 7.82. The molecule has 3 aromatic rings. The monoisotopic (exact) mass is 389 g/mol. The highest BCUT2D eigenvalue weighted by atomic mass is 32.1. The second kappa shape index (κ2) is 10.2. The lowest BCUT2D eigenvalue weighted by molar-refractivity contribution is 0.306. The molecule has 0 spiro atoms. The second-order valence-corrected chi connectivity index (χ2v) is 6.76. The number of rotatable bonds is 7. The van der Waals surface area contributed by atoms with E-state index in [4.69, 9.17) is 17.0 Å². The molecule has 3 aromatic carbocycles. The van der Waals surface area contributed by atoms with Crippen LogP contribution >= 0.6 is 12.2 Å². The van der Waals surface area contributed by atoms with Crippen molar-refractivity contribution in [2.75, 3.05) is 0 Å². The zero-order valence-corrected chi connectivity index (χ0v) is 16.6. The first-order chi connectivity index (χ1) is 13.7. The average Bonchev–Trinajstić information content (AvgIpc) is 2.73. The molecule has 0 heterocycles. The van der Waals surface area contributed by atoms with Gasteiger partial charge < -0.3 is 10.1 Å². The normalized spacial score (nSPS) is 10.6. The van der Waals surface area contributed by atoms with Gasteiger partial charge in [0.05, 0.1) is 6.21 Å². The molecule has 28 heavy (non-hydrogen) atoms. The number of aryl methyl sites for hydroxylation is 1. The van der Waals surface area contributed by atoms with Crippen LogP contribution in [0, 0.1) is 6.92 Å². The molecule has 0 aliphatic carbocycles. The van der Waals surface area contributed by atoms with E-state index in [1.54, 1.807) is 6.21 Å². The molecule has 0 saturated carbocycles. The van der Waals surface area contributed by atoms with Crippen molar-refractivity contribution in [3.8, 4) is 5.75 Å². The van der Waals surface area contributed by atoms with Gasteiger partial charge >= 0.3 is 0 Å². The zero-order chi connectivity index (χ0) is 19.6.